The van der Waals surface area contributed by atoms with E-state index >= 15 is 0 Å². The molecule has 0 saturated carbocycles. The minimum Gasteiger partial charge on any atom is -0.402 e. The average Bonchev–Trinajstić information content (AvgIpc) is 1.90. The highest BCUT2D eigenvalue weighted by molar-refractivity contribution is 6.36. The molecule has 0 rings (SSSR count). The van der Waals surface area contributed by atoms with Crippen molar-refractivity contribution in [2.24, 2.45) is 0 Å². The van der Waals surface area contributed by atoms with Crippen molar-refractivity contribution in [3.8, 4) is 0 Å². The molecular weight excluding hydrogens is 154 g/mol. The summed E-state index contributed by atoms with van der Waals surface area (Å²) in [5, 5.41) is 21.5. The topological polar surface area (TPSA) is 88.4 Å². The quantitative estimate of drug-likeness (QED) is 0.414. The lowest BCUT2D eigenvalue weighted by molar-refractivity contribution is 0.163. The van der Waals surface area contributed by atoms with E-state index in [4.69, 9.17) is 15.1 Å². The molecule has 0 aliphatic carbocycles. The van der Waals surface area contributed by atoms with Crippen molar-refractivity contribution in [1.82, 2.24) is 0 Å². The molecule has 0 bridgehead atoms. The van der Waals surface area contributed by atoms with Gasteiger partial charge in [-0.05, 0) is 0 Å². The van der Waals surface area contributed by atoms with Gasteiger partial charge in [-0.2, -0.15) is 0 Å². The first-order chi connectivity index (χ1) is 5.08. The maximum Gasteiger partial charge on any atom is 0.638 e. The third-order valence-electron chi connectivity index (χ3n) is 0.577. The molecule has 0 spiro atoms. The van der Waals surface area contributed by atoms with Crippen LogP contribution in [0.25, 0.3) is 0 Å². The molecule has 0 unspecified atom stereocenters. The molecule has 0 aromatic rings. The van der Waals surface area contributed by atoms with Crippen molar-refractivity contribution in [2.75, 3.05) is 21.3 Å². The van der Waals surface area contributed by atoms with Crippen LogP contribution in [0.5, 0.6) is 0 Å². The number of hydrogen-bond donors (Lipinski definition) is 3. The molecule has 0 atom stereocenters. The van der Waals surface area contributed by atoms with Gasteiger partial charge in [-0.3, -0.25) is 0 Å². The third kappa shape index (κ3) is 17.7. The lowest BCUT2D eigenvalue weighted by atomic mass is 10.2. The fraction of sp³-hybridized carbons (Fsp3) is 1.00. The highest BCUT2D eigenvalue weighted by Gasteiger charge is 2.12. The molecule has 6 nitrogen and oxygen atoms in total. The highest BCUT2D eigenvalue weighted by Crippen LogP contribution is 1.81. The summed E-state index contributed by atoms with van der Waals surface area (Å²) in [7, 11) is 1.85. The summed E-state index contributed by atoms with van der Waals surface area (Å²) >= 11 is 0. The molecule has 8 heteroatoms. The standard InChI is InChI=1S/C3H9BO3.BH3O3/c1-5-4(6-2)7-3;2-1(3)4/h1-3H3;2-4H. The Morgan fingerprint density at radius 2 is 1.00 bits per heavy atom. The monoisotopic (exact) mass is 166 g/mol. The fourth-order valence-electron chi connectivity index (χ4n) is 0.289. The largest absolute Gasteiger partial charge is 0.638 e. The Kier molecular flexibility index (Phi) is 12.1. The van der Waals surface area contributed by atoms with E-state index in [9.17, 15) is 0 Å². The molecule has 0 aliphatic rings. The Labute approximate surface area is 66.1 Å². The van der Waals surface area contributed by atoms with Gasteiger partial charge >= 0.3 is 14.6 Å². The highest BCUT2D eigenvalue weighted by atomic mass is 16.7. The van der Waals surface area contributed by atoms with Crippen LogP contribution in [-0.4, -0.2) is 51.0 Å². The zero-order valence-corrected chi connectivity index (χ0v) is 6.72. The predicted molar refractivity (Wildman–Crippen MR) is 39.2 cm³/mol. The second kappa shape index (κ2) is 9.89. The Hall–Kier alpha value is -0.110. The lowest BCUT2D eigenvalue weighted by Crippen LogP contribution is -2.21. The molecular formula is C3H12B2O6. The molecule has 0 aliphatic heterocycles. The summed E-state index contributed by atoms with van der Waals surface area (Å²) in [4.78, 5) is 0. The van der Waals surface area contributed by atoms with E-state index in [0.29, 0.717) is 0 Å². The van der Waals surface area contributed by atoms with Gasteiger partial charge in [0.2, 0.25) is 0 Å². The van der Waals surface area contributed by atoms with Crippen LogP contribution in [0, 0.1) is 0 Å². The number of rotatable bonds is 3. The van der Waals surface area contributed by atoms with Gasteiger partial charge in [-0.1, -0.05) is 0 Å². The van der Waals surface area contributed by atoms with Crippen LogP contribution in [-0.2, 0) is 14.0 Å². The molecule has 0 heterocycles. The molecule has 0 amide bonds. The van der Waals surface area contributed by atoms with E-state index < -0.39 is 14.6 Å². The normalized spacial score (nSPS) is 8.18. The first-order valence-electron chi connectivity index (χ1n) is 2.71. The SMILES string of the molecule is COB(OC)OC.OB(O)O. The Bertz CT molecular complexity index is 58.6. The molecule has 0 aromatic carbocycles. The second-order valence-electron chi connectivity index (χ2n) is 1.34. The van der Waals surface area contributed by atoms with Crippen LogP contribution in [0.3, 0.4) is 0 Å². The first kappa shape index (κ1) is 13.5. The van der Waals surface area contributed by atoms with Crippen LogP contribution < -0.4 is 0 Å². The minimum atomic E-state index is -2.17. The molecule has 3 N–H and O–H groups in total. The van der Waals surface area contributed by atoms with Crippen LogP contribution in [0.4, 0.5) is 0 Å². The van der Waals surface area contributed by atoms with Gasteiger partial charge in [-0.25, -0.2) is 0 Å². The van der Waals surface area contributed by atoms with Crippen molar-refractivity contribution in [2.45, 2.75) is 0 Å². The van der Waals surface area contributed by atoms with E-state index in [1.807, 2.05) is 0 Å². The van der Waals surface area contributed by atoms with Gasteiger partial charge in [0.25, 0.3) is 0 Å². The van der Waals surface area contributed by atoms with Crippen molar-refractivity contribution < 1.29 is 29.0 Å². The fourth-order valence-corrected chi connectivity index (χ4v) is 0.289. The van der Waals surface area contributed by atoms with Gasteiger partial charge in [0.1, 0.15) is 0 Å². The van der Waals surface area contributed by atoms with Crippen LogP contribution in [0.1, 0.15) is 0 Å². The van der Waals surface area contributed by atoms with Gasteiger partial charge < -0.3 is 29.0 Å². The molecule has 0 fully saturated rings. The van der Waals surface area contributed by atoms with Gasteiger partial charge in [0, 0.05) is 21.3 Å². The Balaban J connectivity index is 0. The second-order valence-corrected chi connectivity index (χ2v) is 1.34. The summed E-state index contributed by atoms with van der Waals surface area (Å²) in [6.45, 7) is 0. The maximum atomic E-state index is 7.17. The smallest absolute Gasteiger partial charge is 0.402 e. The van der Waals surface area contributed by atoms with Crippen molar-refractivity contribution in [1.29, 1.82) is 0 Å². The predicted octanol–water partition coefficient (Wildman–Crippen LogP) is -2.14. The van der Waals surface area contributed by atoms with Crippen LogP contribution >= 0.6 is 0 Å². The average molecular weight is 166 g/mol. The number of hydrogen-bond acceptors (Lipinski definition) is 6. The van der Waals surface area contributed by atoms with E-state index in [1.54, 1.807) is 0 Å². The first-order valence-corrected chi connectivity index (χ1v) is 2.71. The van der Waals surface area contributed by atoms with Gasteiger partial charge in [0.15, 0.2) is 0 Å². The van der Waals surface area contributed by atoms with Crippen molar-refractivity contribution >= 4 is 14.6 Å². The van der Waals surface area contributed by atoms with Crippen LogP contribution in [0.15, 0.2) is 0 Å². The molecule has 11 heavy (non-hydrogen) atoms. The van der Waals surface area contributed by atoms with Crippen molar-refractivity contribution in [3.05, 3.63) is 0 Å². The lowest BCUT2D eigenvalue weighted by Gasteiger charge is -2.01. The third-order valence-corrected chi connectivity index (χ3v) is 0.577. The molecule has 0 saturated heterocycles. The summed E-state index contributed by atoms with van der Waals surface area (Å²) in [5.41, 5.74) is 0. The Morgan fingerprint density at radius 3 is 1.00 bits per heavy atom. The minimum absolute atomic E-state index is 0.514. The van der Waals surface area contributed by atoms with E-state index in [-0.39, 0.29) is 0 Å². The zero-order valence-electron chi connectivity index (χ0n) is 6.72. The van der Waals surface area contributed by atoms with Crippen molar-refractivity contribution in [3.63, 3.8) is 0 Å². The summed E-state index contributed by atoms with van der Waals surface area (Å²) in [6, 6.07) is 0. The molecule has 66 valence electrons. The van der Waals surface area contributed by atoms with Gasteiger partial charge in [-0.15, -0.1) is 0 Å². The van der Waals surface area contributed by atoms with Crippen LogP contribution in [0.2, 0.25) is 0 Å². The molecule has 0 aromatic heterocycles. The van der Waals surface area contributed by atoms with E-state index in [2.05, 4.69) is 14.0 Å². The Morgan fingerprint density at radius 1 is 0.818 bits per heavy atom. The van der Waals surface area contributed by atoms with Gasteiger partial charge in [0.05, 0.1) is 0 Å². The molecule has 0 radical (unpaired) electrons. The van der Waals surface area contributed by atoms with E-state index in [0.717, 1.165) is 0 Å². The van der Waals surface area contributed by atoms with E-state index in [1.165, 1.54) is 21.3 Å². The summed E-state index contributed by atoms with van der Waals surface area (Å²) < 4.78 is 13.8. The zero-order chi connectivity index (χ0) is 9.28. The summed E-state index contributed by atoms with van der Waals surface area (Å²) in [5.74, 6) is 0. The summed E-state index contributed by atoms with van der Waals surface area (Å²) in [6.07, 6.45) is 0. The maximum absolute atomic E-state index is 7.17.